The number of anilines is 2. The van der Waals surface area contributed by atoms with Gasteiger partial charge in [0.2, 0.25) is 5.91 Å². The number of nitrogens with one attached hydrogen (secondary N) is 3. The third-order valence-corrected chi connectivity index (χ3v) is 6.46. The molecule has 0 saturated heterocycles. The molecule has 3 amide bonds. The minimum Gasteiger partial charge on any atom is -0.352 e. The highest BCUT2D eigenvalue weighted by Crippen LogP contribution is 2.26. The first-order chi connectivity index (χ1) is 14.3. The largest absolute Gasteiger partial charge is 0.352 e. The molecular formula is C20H20N4O4S2. The van der Waals surface area contributed by atoms with E-state index >= 15 is 0 Å². The second-order valence-corrected chi connectivity index (χ2v) is 8.95. The molecule has 0 spiro atoms. The van der Waals surface area contributed by atoms with Gasteiger partial charge in [-0.05, 0) is 35.7 Å². The lowest BCUT2D eigenvalue weighted by Gasteiger charge is -2.17. The second-order valence-electron chi connectivity index (χ2n) is 6.29. The summed E-state index contributed by atoms with van der Waals surface area (Å²) in [5.41, 5.74) is 5.75. The van der Waals surface area contributed by atoms with Gasteiger partial charge in [0.15, 0.2) is 0 Å². The third kappa shape index (κ3) is 5.58. The van der Waals surface area contributed by atoms with E-state index in [0.29, 0.717) is 5.69 Å². The van der Waals surface area contributed by atoms with Gasteiger partial charge >= 0.3 is 6.03 Å². The second kappa shape index (κ2) is 9.42. The summed E-state index contributed by atoms with van der Waals surface area (Å²) < 4.78 is 27.7. The van der Waals surface area contributed by atoms with Crippen LogP contribution in [0, 0.1) is 0 Å². The molecule has 2 aromatic carbocycles. The van der Waals surface area contributed by atoms with E-state index in [-0.39, 0.29) is 17.0 Å². The van der Waals surface area contributed by atoms with Crippen LogP contribution in [0.2, 0.25) is 0 Å². The molecule has 1 aromatic heterocycles. The van der Waals surface area contributed by atoms with Gasteiger partial charge in [-0.15, -0.1) is 11.3 Å². The summed E-state index contributed by atoms with van der Waals surface area (Å²) in [5.74, 6) is -0.409. The van der Waals surface area contributed by atoms with Crippen LogP contribution >= 0.6 is 11.3 Å². The summed E-state index contributed by atoms with van der Waals surface area (Å²) in [5, 5.41) is 7.08. The zero-order chi connectivity index (χ0) is 21.6. The Morgan fingerprint density at radius 1 is 0.933 bits per heavy atom. The molecule has 0 aliphatic heterocycles. The van der Waals surface area contributed by atoms with Crippen molar-refractivity contribution in [3.63, 3.8) is 0 Å². The molecule has 0 bridgehead atoms. The van der Waals surface area contributed by atoms with Crippen molar-refractivity contribution in [3.8, 4) is 0 Å². The van der Waals surface area contributed by atoms with E-state index in [1.165, 1.54) is 23.5 Å². The highest BCUT2D eigenvalue weighted by atomic mass is 32.2. The molecule has 0 fully saturated rings. The van der Waals surface area contributed by atoms with Gasteiger partial charge in [-0.25, -0.2) is 13.2 Å². The first kappa shape index (κ1) is 21.3. The molecule has 1 unspecified atom stereocenters. The van der Waals surface area contributed by atoms with E-state index < -0.39 is 28.0 Å². The zero-order valence-corrected chi connectivity index (χ0v) is 17.4. The molecule has 0 saturated carbocycles. The minimum absolute atomic E-state index is 0.0662. The van der Waals surface area contributed by atoms with Gasteiger partial charge in [-0.3, -0.25) is 9.52 Å². The summed E-state index contributed by atoms with van der Waals surface area (Å²) >= 11 is 1.39. The number of hydrogen-bond acceptors (Lipinski definition) is 5. The number of sulfonamides is 1. The predicted octanol–water partition coefficient (Wildman–Crippen LogP) is 3.29. The monoisotopic (exact) mass is 444 g/mol. The van der Waals surface area contributed by atoms with Crippen LogP contribution in [0.1, 0.15) is 17.3 Å². The lowest BCUT2D eigenvalue weighted by molar-refractivity contribution is -0.116. The van der Waals surface area contributed by atoms with Crippen LogP contribution in [0.5, 0.6) is 0 Å². The number of rotatable bonds is 8. The average Bonchev–Trinajstić information content (AvgIpc) is 3.24. The van der Waals surface area contributed by atoms with Crippen molar-refractivity contribution in [2.45, 2.75) is 17.4 Å². The molecule has 5 N–H and O–H groups in total. The van der Waals surface area contributed by atoms with Crippen LogP contribution in [-0.4, -0.2) is 20.4 Å². The molecule has 0 radical (unpaired) electrons. The van der Waals surface area contributed by atoms with Crippen LogP contribution in [0.3, 0.4) is 0 Å². The Hall–Kier alpha value is -3.37. The van der Waals surface area contributed by atoms with Crippen molar-refractivity contribution in [2.75, 3.05) is 10.0 Å². The van der Waals surface area contributed by atoms with Crippen LogP contribution in [-0.2, 0) is 14.8 Å². The Morgan fingerprint density at radius 2 is 1.60 bits per heavy atom. The topological polar surface area (TPSA) is 130 Å². The van der Waals surface area contributed by atoms with Crippen molar-refractivity contribution < 1.29 is 18.0 Å². The van der Waals surface area contributed by atoms with E-state index in [1.54, 1.807) is 54.6 Å². The van der Waals surface area contributed by atoms with Crippen molar-refractivity contribution >= 4 is 44.7 Å². The fourth-order valence-corrected chi connectivity index (χ4v) is 4.63. The Bertz CT molecular complexity index is 1120. The summed E-state index contributed by atoms with van der Waals surface area (Å²) in [6, 6.07) is 16.7. The summed E-state index contributed by atoms with van der Waals surface area (Å²) in [6.07, 6.45) is -0.0662. The number of para-hydroxylation sites is 2. The smallest absolute Gasteiger partial charge is 0.312 e. The van der Waals surface area contributed by atoms with Gasteiger partial charge in [-0.2, -0.15) is 0 Å². The van der Waals surface area contributed by atoms with Crippen molar-refractivity contribution in [3.05, 3.63) is 77.0 Å². The number of primary amides is 1. The van der Waals surface area contributed by atoms with Gasteiger partial charge in [0, 0.05) is 4.88 Å². The van der Waals surface area contributed by atoms with Crippen molar-refractivity contribution in [1.82, 2.24) is 5.32 Å². The van der Waals surface area contributed by atoms with E-state index in [0.717, 1.165) is 4.88 Å². The van der Waals surface area contributed by atoms with Crippen LogP contribution in [0.15, 0.2) is 77.0 Å². The molecule has 1 heterocycles. The van der Waals surface area contributed by atoms with E-state index in [9.17, 15) is 18.0 Å². The van der Waals surface area contributed by atoms with E-state index in [2.05, 4.69) is 15.4 Å². The highest BCUT2D eigenvalue weighted by molar-refractivity contribution is 7.92. The third-order valence-electron chi connectivity index (χ3n) is 4.09. The molecule has 8 nitrogen and oxygen atoms in total. The Balaban J connectivity index is 1.75. The molecule has 10 heteroatoms. The maximum Gasteiger partial charge on any atom is 0.312 e. The summed E-state index contributed by atoms with van der Waals surface area (Å²) in [7, 11) is -3.82. The number of amides is 3. The SMILES string of the molecule is NC(=O)NC(CC(=O)Nc1ccccc1NS(=O)(=O)c1ccccc1)c1cccs1. The quantitative estimate of drug-likeness (QED) is 0.425. The average molecular weight is 445 g/mol. The van der Waals surface area contributed by atoms with Gasteiger partial charge in [0.25, 0.3) is 10.0 Å². The number of carbonyl (C=O) groups is 2. The Morgan fingerprint density at radius 3 is 2.23 bits per heavy atom. The molecule has 0 aliphatic carbocycles. The Labute approximate surface area is 178 Å². The van der Waals surface area contributed by atoms with Gasteiger partial charge in [-0.1, -0.05) is 36.4 Å². The fraction of sp³-hybridized carbons (Fsp3) is 0.100. The predicted molar refractivity (Wildman–Crippen MR) is 117 cm³/mol. The molecule has 3 aromatic rings. The van der Waals surface area contributed by atoms with Gasteiger partial charge in [0.05, 0.1) is 28.7 Å². The lowest BCUT2D eigenvalue weighted by atomic mass is 10.1. The number of benzene rings is 2. The van der Waals surface area contributed by atoms with Gasteiger partial charge in [0.1, 0.15) is 0 Å². The molecule has 1 atom stereocenters. The number of carbonyl (C=O) groups excluding carboxylic acids is 2. The molecule has 30 heavy (non-hydrogen) atoms. The van der Waals surface area contributed by atoms with E-state index in [1.807, 2.05) is 5.38 Å². The molecule has 0 aliphatic rings. The maximum atomic E-state index is 12.6. The van der Waals surface area contributed by atoms with Crippen molar-refractivity contribution in [2.24, 2.45) is 5.73 Å². The summed E-state index contributed by atoms with van der Waals surface area (Å²) in [4.78, 5) is 24.8. The van der Waals surface area contributed by atoms with Crippen LogP contribution in [0.4, 0.5) is 16.2 Å². The summed E-state index contributed by atoms with van der Waals surface area (Å²) in [6.45, 7) is 0. The number of nitrogens with two attached hydrogens (primary N) is 1. The molecule has 156 valence electrons. The highest BCUT2D eigenvalue weighted by Gasteiger charge is 2.20. The zero-order valence-electron chi connectivity index (χ0n) is 15.7. The normalized spacial score (nSPS) is 12.0. The lowest BCUT2D eigenvalue weighted by Crippen LogP contribution is -2.35. The van der Waals surface area contributed by atoms with E-state index in [4.69, 9.17) is 5.73 Å². The fourth-order valence-electron chi connectivity index (χ4n) is 2.76. The minimum atomic E-state index is -3.82. The molecular weight excluding hydrogens is 424 g/mol. The number of urea groups is 1. The number of hydrogen-bond donors (Lipinski definition) is 4. The standard InChI is InChI=1S/C20H20N4O4S2/c21-20(26)23-17(18-11-6-12-29-18)13-19(25)22-15-9-4-5-10-16(15)24-30(27,28)14-7-2-1-3-8-14/h1-12,17,24H,13H2,(H,22,25)(H3,21,23,26). The first-order valence-corrected chi connectivity index (χ1v) is 11.3. The molecule has 3 rings (SSSR count). The maximum absolute atomic E-state index is 12.6. The van der Waals surface area contributed by atoms with Crippen molar-refractivity contribution in [1.29, 1.82) is 0 Å². The number of thiophene rings is 1. The van der Waals surface area contributed by atoms with Gasteiger partial charge < -0.3 is 16.4 Å². The van der Waals surface area contributed by atoms with Crippen LogP contribution < -0.4 is 21.1 Å². The first-order valence-electron chi connectivity index (χ1n) is 8.91. The van der Waals surface area contributed by atoms with Crippen LogP contribution in [0.25, 0.3) is 0 Å². The Kier molecular flexibility index (Phi) is 6.70.